The van der Waals surface area contributed by atoms with Gasteiger partial charge in [-0.2, -0.15) is 9.61 Å². The van der Waals surface area contributed by atoms with Gasteiger partial charge in [-0.15, -0.1) is 0 Å². The molecule has 0 radical (unpaired) electrons. The first-order valence-electron chi connectivity index (χ1n) is 7.40. The summed E-state index contributed by atoms with van der Waals surface area (Å²) in [6, 6.07) is 8.26. The van der Waals surface area contributed by atoms with Crippen LogP contribution in [0.15, 0.2) is 30.3 Å². The molecule has 6 heteroatoms. The van der Waals surface area contributed by atoms with Crippen LogP contribution in [0.5, 0.6) is 0 Å². The number of hydrogen-bond donors (Lipinski definition) is 2. The van der Waals surface area contributed by atoms with Crippen molar-refractivity contribution >= 4 is 11.5 Å². The Morgan fingerprint density at radius 3 is 2.86 bits per heavy atom. The normalized spacial score (nSPS) is 14.1. The molecule has 5 nitrogen and oxygen atoms in total. The molecule has 0 unspecified atom stereocenters. The highest BCUT2D eigenvalue weighted by atomic mass is 19.1. The standard InChI is InChI=1S/C16H16FN5/c17-11-5-3-4-10(8-11)14-9-15-19-13-7-2-1-6-12(13)16(20-18)22(15)21-14/h3-5,8-9,20H,1-2,6-7,18H2. The predicted octanol–water partition coefficient (Wildman–Crippen LogP) is 2.70. The second kappa shape index (κ2) is 5.06. The van der Waals surface area contributed by atoms with Crippen molar-refractivity contribution < 1.29 is 4.39 Å². The van der Waals surface area contributed by atoms with Crippen LogP contribution in [0, 0.1) is 5.82 Å². The highest BCUT2D eigenvalue weighted by molar-refractivity contribution is 5.67. The zero-order chi connectivity index (χ0) is 15.1. The second-order valence-corrected chi connectivity index (χ2v) is 5.55. The number of aryl methyl sites for hydroxylation is 1. The number of nitrogens with two attached hydrogens (primary N) is 1. The van der Waals surface area contributed by atoms with Gasteiger partial charge in [-0.1, -0.05) is 12.1 Å². The van der Waals surface area contributed by atoms with Gasteiger partial charge in [0.2, 0.25) is 0 Å². The molecule has 0 spiro atoms. The van der Waals surface area contributed by atoms with Crippen LogP contribution in [-0.4, -0.2) is 14.6 Å². The molecule has 3 aromatic rings. The van der Waals surface area contributed by atoms with Gasteiger partial charge in [-0.05, 0) is 37.8 Å². The van der Waals surface area contributed by atoms with E-state index in [4.69, 9.17) is 10.8 Å². The second-order valence-electron chi connectivity index (χ2n) is 5.55. The van der Waals surface area contributed by atoms with Crippen molar-refractivity contribution in [2.75, 3.05) is 5.43 Å². The molecule has 0 saturated heterocycles. The van der Waals surface area contributed by atoms with E-state index in [9.17, 15) is 4.39 Å². The maximum atomic E-state index is 13.4. The summed E-state index contributed by atoms with van der Waals surface area (Å²) >= 11 is 0. The van der Waals surface area contributed by atoms with Crippen LogP contribution < -0.4 is 11.3 Å². The number of benzene rings is 1. The van der Waals surface area contributed by atoms with Crippen LogP contribution in [0.25, 0.3) is 16.9 Å². The van der Waals surface area contributed by atoms with Crippen molar-refractivity contribution in [3.05, 3.63) is 47.4 Å². The topological polar surface area (TPSA) is 68.2 Å². The van der Waals surface area contributed by atoms with Crippen LogP contribution in [0.3, 0.4) is 0 Å². The first-order chi connectivity index (χ1) is 10.8. The van der Waals surface area contributed by atoms with Crippen LogP contribution in [0.4, 0.5) is 10.2 Å². The highest BCUT2D eigenvalue weighted by Gasteiger charge is 2.19. The first kappa shape index (κ1) is 13.2. The molecule has 112 valence electrons. The van der Waals surface area contributed by atoms with E-state index in [1.165, 1.54) is 12.1 Å². The lowest BCUT2D eigenvalue weighted by molar-refractivity contribution is 0.628. The Kier molecular flexibility index (Phi) is 3.04. The third-order valence-corrected chi connectivity index (χ3v) is 4.13. The summed E-state index contributed by atoms with van der Waals surface area (Å²) in [6.45, 7) is 0. The molecule has 0 amide bonds. The summed E-state index contributed by atoms with van der Waals surface area (Å²) in [6.07, 6.45) is 4.19. The quantitative estimate of drug-likeness (QED) is 0.564. The van der Waals surface area contributed by atoms with Crippen molar-refractivity contribution in [1.82, 2.24) is 14.6 Å². The van der Waals surface area contributed by atoms with E-state index in [-0.39, 0.29) is 5.82 Å². The number of rotatable bonds is 2. The van der Waals surface area contributed by atoms with Crippen LogP contribution in [0.2, 0.25) is 0 Å². The number of nitrogens with zero attached hydrogens (tertiary/aromatic N) is 3. The zero-order valence-corrected chi connectivity index (χ0v) is 12.0. The van der Waals surface area contributed by atoms with Gasteiger partial charge >= 0.3 is 0 Å². The largest absolute Gasteiger partial charge is 0.308 e. The Morgan fingerprint density at radius 1 is 1.18 bits per heavy atom. The lowest BCUT2D eigenvalue weighted by atomic mass is 9.96. The zero-order valence-electron chi connectivity index (χ0n) is 12.0. The van der Waals surface area contributed by atoms with E-state index in [1.54, 1.807) is 10.6 Å². The molecule has 0 bridgehead atoms. The minimum Gasteiger partial charge on any atom is -0.308 e. The number of anilines is 1. The highest BCUT2D eigenvalue weighted by Crippen LogP contribution is 2.29. The van der Waals surface area contributed by atoms with E-state index < -0.39 is 0 Å². The fraction of sp³-hybridized carbons (Fsp3) is 0.250. The average molecular weight is 297 g/mol. The van der Waals surface area contributed by atoms with Crippen molar-refractivity contribution in [2.24, 2.45) is 5.84 Å². The minimum atomic E-state index is -0.279. The first-order valence-corrected chi connectivity index (χ1v) is 7.40. The summed E-state index contributed by atoms with van der Waals surface area (Å²) in [7, 11) is 0. The average Bonchev–Trinajstić information content (AvgIpc) is 2.96. The van der Waals surface area contributed by atoms with E-state index in [1.807, 2.05) is 12.1 Å². The van der Waals surface area contributed by atoms with E-state index in [0.717, 1.165) is 54.0 Å². The fourth-order valence-corrected chi connectivity index (χ4v) is 3.09. The van der Waals surface area contributed by atoms with Crippen molar-refractivity contribution in [1.29, 1.82) is 0 Å². The number of nitrogens with one attached hydrogen (secondary N) is 1. The van der Waals surface area contributed by atoms with Gasteiger partial charge in [0.25, 0.3) is 0 Å². The number of aromatic nitrogens is 3. The summed E-state index contributed by atoms with van der Waals surface area (Å²) in [5.41, 5.74) is 7.12. The van der Waals surface area contributed by atoms with Crippen LogP contribution in [-0.2, 0) is 12.8 Å². The van der Waals surface area contributed by atoms with Gasteiger partial charge in [0.05, 0.1) is 5.69 Å². The van der Waals surface area contributed by atoms with Gasteiger partial charge < -0.3 is 5.43 Å². The SMILES string of the molecule is NNc1c2c(nc3cc(-c4cccc(F)c4)nn13)CCCC2. The van der Waals surface area contributed by atoms with E-state index >= 15 is 0 Å². The fourth-order valence-electron chi connectivity index (χ4n) is 3.09. The Labute approximate surface area is 126 Å². The maximum Gasteiger partial charge on any atom is 0.158 e. The third-order valence-electron chi connectivity index (χ3n) is 4.13. The molecule has 3 N–H and O–H groups in total. The molecule has 1 aliphatic rings. The molecule has 4 rings (SSSR count). The minimum absolute atomic E-state index is 0.279. The van der Waals surface area contributed by atoms with Gasteiger partial charge in [0.1, 0.15) is 11.6 Å². The van der Waals surface area contributed by atoms with Crippen molar-refractivity contribution in [3.8, 4) is 11.3 Å². The third kappa shape index (κ3) is 2.03. The number of nitrogen functional groups attached to an aromatic ring is 1. The van der Waals surface area contributed by atoms with Crippen molar-refractivity contribution in [3.63, 3.8) is 0 Å². The van der Waals surface area contributed by atoms with Crippen LogP contribution in [0.1, 0.15) is 24.1 Å². The maximum absolute atomic E-state index is 13.4. The van der Waals surface area contributed by atoms with Gasteiger partial charge in [-0.25, -0.2) is 15.2 Å². The molecule has 0 fully saturated rings. The monoisotopic (exact) mass is 297 g/mol. The summed E-state index contributed by atoms with van der Waals surface area (Å²) in [5, 5.41) is 4.55. The lowest BCUT2D eigenvalue weighted by Gasteiger charge is -2.18. The molecule has 0 aliphatic heterocycles. The Morgan fingerprint density at radius 2 is 2.05 bits per heavy atom. The summed E-state index contributed by atoms with van der Waals surface area (Å²) < 4.78 is 15.1. The molecule has 1 aromatic carbocycles. The molecular formula is C16H16FN5. The van der Waals surface area contributed by atoms with E-state index in [0.29, 0.717) is 5.69 Å². The molecule has 2 heterocycles. The molecule has 1 aliphatic carbocycles. The summed E-state index contributed by atoms with van der Waals surface area (Å²) in [5.74, 6) is 6.21. The van der Waals surface area contributed by atoms with Gasteiger partial charge in [0.15, 0.2) is 5.65 Å². The predicted molar refractivity (Wildman–Crippen MR) is 82.8 cm³/mol. The molecule has 0 atom stereocenters. The molecular weight excluding hydrogens is 281 g/mol. The summed E-state index contributed by atoms with van der Waals surface area (Å²) in [4.78, 5) is 4.70. The smallest absolute Gasteiger partial charge is 0.158 e. The molecule has 22 heavy (non-hydrogen) atoms. The Hall–Kier alpha value is -2.47. The van der Waals surface area contributed by atoms with Gasteiger partial charge in [-0.3, -0.25) is 0 Å². The number of halogens is 1. The Bertz CT molecular complexity index is 855. The molecule has 2 aromatic heterocycles. The van der Waals surface area contributed by atoms with E-state index in [2.05, 4.69) is 10.5 Å². The van der Waals surface area contributed by atoms with Crippen molar-refractivity contribution in [2.45, 2.75) is 25.7 Å². The number of fused-ring (bicyclic) bond motifs is 2. The Balaban J connectivity index is 1.93. The molecule has 0 saturated carbocycles. The number of hydrogen-bond acceptors (Lipinski definition) is 4. The lowest BCUT2D eigenvalue weighted by Crippen LogP contribution is -2.18. The van der Waals surface area contributed by atoms with Gasteiger partial charge in [0, 0.05) is 22.9 Å². The van der Waals surface area contributed by atoms with Crippen LogP contribution >= 0.6 is 0 Å². The number of hydrazine groups is 1.